The van der Waals surface area contributed by atoms with Crippen LogP contribution in [0.1, 0.15) is 134 Å². The summed E-state index contributed by atoms with van der Waals surface area (Å²) in [5.41, 5.74) is 15.3. The third-order valence-electron chi connectivity index (χ3n) is 18.1. The van der Waals surface area contributed by atoms with Crippen molar-refractivity contribution in [1.29, 1.82) is 0 Å². The Kier molecular flexibility index (Phi) is 26.9. The van der Waals surface area contributed by atoms with E-state index in [4.69, 9.17) is 76.1 Å². The fourth-order valence-electron chi connectivity index (χ4n) is 12.6. The van der Waals surface area contributed by atoms with Gasteiger partial charge in [-0.15, -0.1) is 0 Å². The third-order valence-corrected chi connectivity index (χ3v) is 19.3. The van der Waals surface area contributed by atoms with Gasteiger partial charge in [0.1, 0.15) is 46.3 Å². The molecule has 6 amide bonds. The molecular weight excluding hydrogens is 1540 g/mol. The van der Waals surface area contributed by atoms with Crippen LogP contribution in [0.25, 0.3) is 33.8 Å². The van der Waals surface area contributed by atoms with Crippen LogP contribution >= 0.6 is 46.4 Å². The Bertz CT molecular complexity index is 5380. The van der Waals surface area contributed by atoms with Crippen molar-refractivity contribution in [2.24, 2.45) is 0 Å². The molecule has 3 aliphatic heterocycles. The van der Waals surface area contributed by atoms with Crippen LogP contribution in [0.15, 0.2) is 164 Å². The van der Waals surface area contributed by atoms with Gasteiger partial charge in [-0.25, -0.2) is 33.1 Å². The van der Waals surface area contributed by atoms with Crippen molar-refractivity contribution in [3.8, 4) is 56.8 Å². The topological polar surface area (TPSA) is 297 Å². The normalized spacial score (nSPS) is 12.2. The molecule has 580 valence electrons. The maximum atomic E-state index is 14.9. The summed E-state index contributed by atoms with van der Waals surface area (Å²) in [7, 11) is 6.26. The van der Waals surface area contributed by atoms with Crippen molar-refractivity contribution in [1.82, 2.24) is 61.0 Å². The Morgan fingerprint density at radius 2 is 0.850 bits per heavy atom. The second-order valence-corrected chi connectivity index (χ2v) is 27.0. The number of hydrogen-bond donors (Lipinski definition) is 5. The molecular formula is C83H74Cl4F3N13O10. The van der Waals surface area contributed by atoms with Crippen molar-refractivity contribution in [2.75, 3.05) is 53.8 Å². The average Bonchev–Trinajstić information content (AvgIpc) is 1.59. The monoisotopic (exact) mass is 1610 g/mol. The van der Waals surface area contributed by atoms with Crippen molar-refractivity contribution in [3.05, 3.63) is 286 Å². The molecule has 0 unspecified atom stereocenters. The van der Waals surface area contributed by atoms with Gasteiger partial charge in [-0.05, 0) is 147 Å². The van der Waals surface area contributed by atoms with Crippen molar-refractivity contribution in [3.63, 3.8) is 0 Å². The first kappa shape index (κ1) is 81.7. The molecule has 0 bridgehead atoms. The zero-order chi connectivity index (χ0) is 80.7. The number of carbonyl (C=O) groups is 6. The number of aromatic nitrogens is 6. The molecule has 9 heterocycles. The Morgan fingerprint density at radius 1 is 0.451 bits per heavy atom. The van der Waals surface area contributed by atoms with E-state index in [1.165, 1.54) is 61.1 Å². The van der Waals surface area contributed by atoms with Gasteiger partial charge in [0.15, 0.2) is 0 Å². The maximum Gasteiger partial charge on any atom is 0.257 e. The number of hydrogen-bond acceptors (Lipinski definition) is 17. The number of nitrogens with one attached hydrogen (secondary N) is 4. The molecule has 11 aromatic rings. The number of ether oxygens (including phenoxy) is 4. The average molecular weight is 1610 g/mol. The second-order valence-electron chi connectivity index (χ2n) is 25.4. The first-order chi connectivity index (χ1) is 54.5. The van der Waals surface area contributed by atoms with Gasteiger partial charge in [0.05, 0.1) is 165 Å². The standard InChI is InChI=1S/C31H28ClFN4O4.C22H17Cl2FN2O3.C22H18ClFN4O2.C8H11N3O/c1-4-34-30(38)18-8-10-21(35-15-18)12-20-13-25(29-23(32)6-5-7-24(29)33)36-26-17-37(31(39)28(20)26)16-19-9-11-22(40-2)14-27(19)41-3;1-29-13-7-6-12(19(8-13)30-2)10-27-11-18-21(22(27)28)15(24)9-17(26-18)20-14(23)4-3-5-16(20)25;1-2-25-21(29)12-6-7-14(26-10-12)8-13-9-17(20-15(23)4-3-5-16(20)24)28-18-11-27-22(30)19(13)18;1-2-10-8(12)6-3-4-7(9)11-5-6/h5-11,13-15H,4,12,16-17H2,1-3H3,(H,34,38);3-9H,10-11H2,1-2H3;3-7,9-10H,2,8,11H2,1H3,(H,25,29)(H,27,30);3-5H,2H2,1H3,(H2,9,11)(H,10,12). The fraction of sp³-hybridized carbons (Fsp3) is 0.205. The third kappa shape index (κ3) is 19.0. The number of rotatable bonds is 21. The summed E-state index contributed by atoms with van der Waals surface area (Å²) in [6.07, 6.45) is 5.05. The van der Waals surface area contributed by atoms with Gasteiger partial charge >= 0.3 is 0 Å². The van der Waals surface area contributed by atoms with Crippen LogP contribution in [0, 0.1) is 17.5 Å². The zero-order valence-corrected chi connectivity index (χ0v) is 65.1. The molecule has 14 rings (SSSR count). The number of anilines is 1. The highest BCUT2D eigenvalue weighted by Gasteiger charge is 2.36. The van der Waals surface area contributed by atoms with Crippen molar-refractivity contribution >= 4 is 87.7 Å². The number of nitrogens with two attached hydrogens (primary N) is 1. The van der Waals surface area contributed by atoms with E-state index >= 15 is 0 Å². The van der Waals surface area contributed by atoms with Gasteiger partial charge in [0, 0.05) is 85.7 Å². The number of nitrogen functional groups attached to an aromatic ring is 1. The number of methoxy groups -OCH3 is 4. The SMILES string of the molecule is CCNC(=O)c1ccc(Cc2cc(-c3c(F)cccc3Cl)nc3c2C(=O)N(Cc2ccc(OC)cc2OC)C3)nc1.CCNC(=O)c1ccc(Cc2cc(-c3c(F)cccc3Cl)nc3c2C(=O)NC3)nc1.CCNC(=O)c1ccc(N)nc1.COc1ccc(CN2Cc3nc(-c4c(F)cccc4Cl)cc(Cl)c3C2=O)c(OC)c1. The summed E-state index contributed by atoms with van der Waals surface area (Å²) in [4.78, 5) is 104. The fourth-order valence-corrected chi connectivity index (χ4v) is 13.7. The van der Waals surface area contributed by atoms with E-state index in [-0.39, 0.29) is 105 Å². The number of carbonyl (C=O) groups excluding carboxylic acids is 6. The number of nitrogens with zero attached hydrogens (tertiary/aromatic N) is 8. The van der Waals surface area contributed by atoms with E-state index in [1.807, 2.05) is 39.0 Å². The van der Waals surface area contributed by atoms with Crippen LogP contribution in [0.5, 0.6) is 23.0 Å². The Labute approximate surface area is 668 Å². The minimum atomic E-state index is -0.510. The molecule has 0 atom stereocenters. The molecule has 6 N–H and O–H groups in total. The van der Waals surface area contributed by atoms with Crippen LogP contribution in [0.3, 0.4) is 0 Å². The first-order valence-electron chi connectivity index (χ1n) is 35.3. The Balaban J connectivity index is 0.000000158. The van der Waals surface area contributed by atoms with Gasteiger partial charge in [0.2, 0.25) is 0 Å². The summed E-state index contributed by atoms with van der Waals surface area (Å²) in [5, 5.41) is 11.8. The summed E-state index contributed by atoms with van der Waals surface area (Å²) in [6, 6.07) is 39.1. The molecule has 0 fully saturated rings. The molecule has 3 aliphatic rings. The van der Waals surface area contributed by atoms with E-state index in [9.17, 15) is 41.9 Å². The molecule has 6 aromatic heterocycles. The minimum absolute atomic E-state index is 0.120. The number of fused-ring (bicyclic) bond motifs is 3. The molecule has 0 spiro atoms. The summed E-state index contributed by atoms with van der Waals surface area (Å²) < 4.78 is 65.2. The number of halogens is 7. The largest absolute Gasteiger partial charge is 0.497 e. The first-order valence-corrected chi connectivity index (χ1v) is 36.8. The summed E-state index contributed by atoms with van der Waals surface area (Å²) in [6.45, 7) is 8.50. The van der Waals surface area contributed by atoms with Crippen LogP contribution in [-0.4, -0.2) is 123 Å². The lowest BCUT2D eigenvalue weighted by Gasteiger charge is -2.18. The van der Waals surface area contributed by atoms with E-state index in [0.717, 1.165) is 11.1 Å². The lowest BCUT2D eigenvalue weighted by molar-refractivity contribution is 0.0757. The van der Waals surface area contributed by atoms with E-state index in [2.05, 4.69) is 46.2 Å². The molecule has 0 aliphatic carbocycles. The summed E-state index contributed by atoms with van der Waals surface area (Å²) >= 11 is 25.2. The molecule has 0 saturated carbocycles. The maximum absolute atomic E-state index is 14.9. The predicted molar refractivity (Wildman–Crippen MR) is 423 cm³/mol. The summed E-state index contributed by atoms with van der Waals surface area (Å²) in [5.74, 6) is 0.215. The van der Waals surface area contributed by atoms with E-state index < -0.39 is 17.5 Å². The van der Waals surface area contributed by atoms with E-state index in [0.29, 0.717) is 151 Å². The molecule has 23 nitrogen and oxygen atoms in total. The van der Waals surface area contributed by atoms with Crippen molar-refractivity contribution in [2.45, 2.75) is 66.3 Å². The van der Waals surface area contributed by atoms with Crippen LogP contribution in [0.2, 0.25) is 20.1 Å². The Morgan fingerprint density at radius 3 is 1.24 bits per heavy atom. The van der Waals surface area contributed by atoms with Gasteiger partial charge in [-0.1, -0.05) is 64.6 Å². The lowest BCUT2D eigenvalue weighted by Crippen LogP contribution is -2.24. The van der Waals surface area contributed by atoms with Crippen LogP contribution < -0.4 is 45.9 Å². The lowest BCUT2D eigenvalue weighted by atomic mass is 9.98. The van der Waals surface area contributed by atoms with Gasteiger partial charge in [-0.3, -0.25) is 38.7 Å². The smallest absolute Gasteiger partial charge is 0.257 e. The predicted octanol–water partition coefficient (Wildman–Crippen LogP) is 14.8. The highest BCUT2D eigenvalue weighted by molar-refractivity contribution is 6.35. The zero-order valence-electron chi connectivity index (χ0n) is 62.0. The van der Waals surface area contributed by atoms with Gasteiger partial charge < -0.3 is 55.7 Å². The molecule has 5 aromatic carbocycles. The Hall–Kier alpha value is -12.2. The highest BCUT2D eigenvalue weighted by atomic mass is 35.5. The number of benzene rings is 5. The molecule has 0 saturated heterocycles. The van der Waals surface area contributed by atoms with Gasteiger partial charge in [-0.2, -0.15) is 0 Å². The van der Waals surface area contributed by atoms with Gasteiger partial charge in [0.25, 0.3) is 35.4 Å². The second kappa shape index (κ2) is 37.2. The number of pyridine rings is 6. The van der Waals surface area contributed by atoms with Crippen LogP contribution in [-0.2, 0) is 45.6 Å². The minimum Gasteiger partial charge on any atom is -0.497 e. The van der Waals surface area contributed by atoms with Crippen LogP contribution in [0.4, 0.5) is 19.0 Å². The van der Waals surface area contributed by atoms with E-state index in [1.54, 1.807) is 123 Å². The molecule has 113 heavy (non-hydrogen) atoms. The number of amides is 6. The van der Waals surface area contributed by atoms with Crippen molar-refractivity contribution < 1.29 is 60.9 Å². The molecule has 30 heteroatoms. The molecule has 0 radical (unpaired) electrons. The quantitative estimate of drug-likeness (QED) is 0.0446. The highest BCUT2D eigenvalue weighted by Crippen LogP contribution is 2.40.